The van der Waals surface area contributed by atoms with Crippen molar-refractivity contribution in [3.05, 3.63) is 28.5 Å². The van der Waals surface area contributed by atoms with E-state index in [-0.39, 0.29) is 24.8 Å². The van der Waals surface area contributed by atoms with Gasteiger partial charge in [0.05, 0.1) is 11.7 Å². The van der Waals surface area contributed by atoms with Gasteiger partial charge in [-0.15, -0.1) is 24.8 Å². The fourth-order valence-corrected chi connectivity index (χ4v) is 2.86. The zero-order valence-electron chi connectivity index (χ0n) is 12.0. The minimum Gasteiger partial charge on any atom is -0.314 e. The number of piperazine rings is 1. The molecule has 0 spiro atoms. The minimum absolute atomic E-state index is 0. The topological polar surface area (TPSA) is 28.2 Å². The molecule has 1 N–H and O–H groups in total. The predicted octanol–water partition coefficient (Wildman–Crippen LogP) is 3.68. The average Bonchev–Trinajstić information content (AvgIpc) is 2.37. The van der Waals surface area contributed by atoms with Gasteiger partial charge < -0.3 is 5.32 Å². The zero-order chi connectivity index (χ0) is 13.0. The lowest BCUT2D eigenvalue weighted by Gasteiger charge is -2.35. The molecule has 0 unspecified atom stereocenters. The lowest BCUT2D eigenvalue weighted by atomic mass is 9.98. The molecule has 1 aromatic rings. The minimum atomic E-state index is 0. The number of nitrogens with one attached hydrogen (secondary N) is 1. The lowest BCUT2D eigenvalue weighted by Crippen LogP contribution is -2.45. The summed E-state index contributed by atoms with van der Waals surface area (Å²) in [6, 6.07) is 6.68. The van der Waals surface area contributed by atoms with Gasteiger partial charge >= 0.3 is 0 Å². The van der Waals surface area contributed by atoms with E-state index < -0.39 is 0 Å². The van der Waals surface area contributed by atoms with Gasteiger partial charge in [-0.05, 0) is 40.4 Å². The largest absolute Gasteiger partial charge is 0.314 e. The van der Waals surface area contributed by atoms with Gasteiger partial charge in [0, 0.05) is 26.2 Å². The lowest BCUT2D eigenvalue weighted by molar-refractivity contribution is 0.151. The summed E-state index contributed by atoms with van der Waals surface area (Å²) in [5.74, 6) is 0.686. The van der Waals surface area contributed by atoms with Crippen LogP contribution >= 0.6 is 40.7 Å². The Bertz CT molecular complexity index is 384. The van der Waals surface area contributed by atoms with Crippen molar-refractivity contribution < 1.29 is 0 Å². The van der Waals surface area contributed by atoms with Crippen molar-refractivity contribution >= 4 is 40.7 Å². The summed E-state index contributed by atoms with van der Waals surface area (Å²) in [4.78, 5) is 7.22. The first kappa shape index (κ1) is 20.1. The van der Waals surface area contributed by atoms with Crippen LogP contribution in [0, 0.1) is 5.92 Å². The molecule has 1 aliphatic heterocycles. The Labute approximate surface area is 142 Å². The molecule has 6 heteroatoms. The summed E-state index contributed by atoms with van der Waals surface area (Å²) in [5, 5.41) is 3.41. The molecule has 3 nitrogen and oxygen atoms in total. The number of hydrogen-bond acceptors (Lipinski definition) is 3. The van der Waals surface area contributed by atoms with E-state index in [1.54, 1.807) is 0 Å². The molecule has 0 aliphatic carbocycles. The molecule has 0 bridgehead atoms. The monoisotopic (exact) mass is 383 g/mol. The third-order valence-electron chi connectivity index (χ3n) is 3.37. The van der Waals surface area contributed by atoms with Gasteiger partial charge in [-0.2, -0.15) is 0 Å². The van der Waals surface area contributed by atoms with Crippen molar-refractivity contribution in [2.75, 3.05) is 26.2 Å². The second-order valence-corrected chi connectivity index (χ2v) is 6.13. The van der Waals surface area contributed by atoms with Crippen molar-refractivity contribution in [1.29, 1.82) is 0 Å². The smallest absolute Gasteiger partial charge is 0.106 e. The summed E-state index contributed by atoms with van der Waals surface area (Å²) >= 11 is 3.48. The summed E-state index contributed by atoms with van der Waals surface area (Å²) in [6.07, 6.45) is 1.17. The molecule has 1 saturated heterocycles. The molecule has 0 aromatic carbocycles. The summed E-state index contributed by atoms with van der Waals surface area (Å²) in [7, 11) is 0. The van der Waals surface area contributed by atoms with Gasteiger partial charge in [0.2, 0.25) is 0 Å². The zero-order valence-corrected chi connectivity index (χ0v) is 15.2. The number of hydrogen-bond donors (Lipinski definition) is 1. The molecule has 0 saturated carbocycles. The van der Waals surface area contributed by atoms with Gasteiger partial charge in [0.15, 0.2) is 0 Å². The number of nitrogens with zero attached hydrogens (tertiary/aromatic N) is 2. The highest BCUT2D eigenvalue weighted by atomic mass is 79.9. The fraction of sp³-hybridized carbons (Fsp3) is 0.643. The van der Waals surface area contributed by atoms with Crippen LogP contribution in [0.5, 0.6) is 0 Å². The Morgan fingerprint density at radius 2 is 1.90 bits per heavy atom. The molecular formula is C14H24BrCl2N3. The van der Waals surface area contributed by atoms with Crippen LogP contribution in [-0.4, -0.2) is 36.1 Å². The van der Waals surface area contributed by atoms with Crippen molar-refractivity contribution in [2.24, 2.45) is 5.92 Å². The molecule has 1 fully saturated rings. The van der Waals surface area contributed by atoms with Crippen LogP contribution < -0.4 is 5.32 Å². The van der Waals surface area contributed by atoms with Gasteiger partial charge in [0.1, 0.15) is 4.60 Å². The molecule has 2 rings (SSSR count). The van der Waals surface area contributed by atoms with Crippen molar-refractivity contribution in [3.8, 4) is 0 Å². The molecule has 1 aliphatic rings. The van der Waals surface area contributed by atoms with E-state index in [2.05, 4.69) is 57.1 Å². The van der Waals surface area contributed by atoms with Crippen LogP contribution in [-0.2, 0) is 0 Å². The maximum Gasteiger partial charge on any atom is 0.106 e. The van der Waals surface area contributed by atoms with Crippen molar-refractivity contribution in [1.82, 2.24) is 15.2 Å². The molecule has 2 heterocycles. The van der Waals surface area contributed by atoms with E-state index in [0.29, 0.717) is 12.0 Å². The average molecular weight is 385 g/mol. The van der Waals surface area contributed by atoms with Crippen LogP contribution in [0.25, 0.3) is 0 Å². The first-order valence-corrected chi connectivity index (χ1v) is 7.53. The fourth-order valence-electron chi connectivity index (χ4n) is 2.51. The highest BCUT2D eigenvalue weighted by Crippen LogP contribution is 2.27. The Morgan fingerprint density at radius 3 is 2.45 bits per heavy atom. The van der Waals surface area contributed by atoms with Gasteiger partial charge in [-0.25, -0.2) is 4.98 Å². The van der Waals surface area contributed by atoms with Gasteiger partial charge in [-0.3, -0.25) is 4.90 Å². The second kappa shape index (κ2) is 9.96. The van der Waals surface area contributed by atoms with Crippen LogP contribution in [0.1, 0.15) is 32.0 Å². The highest BCUT2D eigenvalue weighted by molar-refractivity contribution is 9.10. The second-order valence-electron chi connectivity index (χ2n) is 5.32. The normalized spacial score (nSPS) is 17.2. The molecule has 20 heavy (non-hydrogen) atoms. The molecule has 1 atom stereocenters. The Morgan fingerprint density at radius 1 is 1.25 bits per heavy atom. The van der Waals surface area contributed by atoms with E-state index in [4.69, 9.17) is 0 Å². The van der Waals surface area contributed by atoms with E-state index in [1.807, 2.05) is 6.07 Å². The number of rotatable bonds is 4. The molecule has 0 radical (unpaired) electrons. The summed E-state index contributed by atoms with van der Waals surface area (Å²) in [6.45, 7) is 8.97. The van der Waals surface area contributed by atoms with E-state index in [1.165, 1.54) is 12.1 Å². The number of pyridine rings is 1. The molecule has 0 amide bonds. The molecule has 116 valence electrons. The Hall–Kier alpha value is 0.130. The van der Waals surface area contributed by atoms with Crippen LogP contribution in [0.3, 0.4) is 0 Å². The quantitative estimate of drug-likeness (QED) is 0.802. The highest BCUT2D eigenvalue weighted by Gasteiger charge is 2.24. The van der Waals surface area contributed by atoms with Crippen LogP contribution in [0.2, 0.25) is 0 Å². The first-order chi connectivity index (χ1) is 8.66. The summed E-state index contributed by atoms with van der Waals surface area (Å²) in [5.41, 5.74) is 1.19. The number of halogens is 3. The van der Waals surface area contributed by atoms with Crippen molar-refractivity contribution in [3.63, 3.8) is 0 Å². The number of aromatic nitrogens is 1. The van der Waals surface area contributed by atoms with Crippen LogP contribution in [0.4, 0.5) is 0 Å². The maximum absolute atomic E-state index is 4.66. The first-order valence-electron chi connectivity index (χ1n) is 6.74. The molecular weight excluding hydrogens is 361 g/mol. The van der Waals surface area contributed by atoms with E-state index >= 15 is 0 Å². The van der Waals surface area contributed by atoms with E-state index in [0.717, 1.165) is 30.8 Å². The SMILES string of the molecule is CC(C)C[C@H](c1cccc(Br)n1)N1CCNCC1.Cl.Cl. The standard InChI is InChI=1S/C14H22BrN3.2ClH/c1-11(2)10-13(18-8-6-16-7-9-18)12-4-3-5-14(15)17-12;;/h3-5,11,13,16H,6-10H2,1-2H3;2*1H/t13-;;/m1../s1. The Kier molecular flexibility index (Phi) is 10.0. The van der Waals surface area contributed by atoms with Gasteiger partial charge in [-0.1, -0.05) is 19.9 Å². The predicted molar refractivity (Wildman–Crippen MR) is 93.1 cm³/mol. The van der Waals surface area contributed by atoms with Gasteiger partial charge in [0.25, 0.3) is 0 Å². The Balaban J connectivity index is 0.00000180. The third-order valence-corrected chi connectivity index (χ3v) is 3.81. The van der Waals surface area contributed by atoms with Crippen molar-refractivity contribution in [2.45, 2.75) is 26.3 Å². The maximum atomic E-state index is 4.66. The summed E-state index contributed by atoms with van der Waals surface area (Å²) < 4.78 is 0.934. The third kappa shape index (κ3) is 5.86. The molecule has 1 aromatic heterocycles. The van der Waals surface area contributed by atoms with E-state index in [9.17, 15) is 0 Å². The van der Waals surface area contributed by atoms with Crippen LogP contribution in [0.15, 0.2) is 22.8 Å².